The van der Waals surface area contributed by atoms with Crippen LogP contribution in [-0.4, -0.2) is 24.3 Å². The first-order chi connectivity index (χ1) is 22.4. The Balaban J connectivity index is 1.49. The Hall–Kier alpha value is -4.80. The minimum Gasteiger partial charge on any atom is -0.493 e. The van der Waals surface area contributed by atoms with Crippen molar-refractivity contribution >= 4 is 45.0 Å². The van der Waals surface area contributed by atoms with E-state index in [1.165, 1.54) is 24.5 Å². The Morgan fingerprint density at radius 3 is 2.41 bits per heavy atom. The summed E-state index contributed by atoms with van der Waals surface area (Å²) in [6, 6.07) is 28.0. The van der Waals surface area contributed by atoms with Crippen molar-refractivity contribution in [2.75, 3.05) is 13.7 Å². The first kappa shape index (κ1) is 31.2. The number of ether oxygens (including phenoxy) is 3. The molecule has 0 saturated carbocycles. The predicted molar refractivity (Wildman–Crippen MR) is 179 cm³/mol. The van der Waals surface area contributed by atoms with Crippen LogP contribution in [0.25, 0.3) is 11.8 Å². The topological polar surface area (TPSA) is 79.1 Å². The van der Waals surface area contributed by atoms with Gasteiger partial charge >= 0.3 is 5.97 Å². The lowest BCUT2D eigenvalue weighted by Gasteiger charge is -2.25. The van der Waals surface area contributed by atoms with Crippen LogP contribution >= 0.6 is 27.3 Å². The molecule has 7 nitrogen and oxygen atoms in total. The fourth-order valence-corrected chi connectivity index (χ4v) is 6.85. The zero-order valence-corrected chi connectivity index (χ0v) is 27.3. The first-order valence-electron chi connectivity index (χ1n) is 14.5. The third kappa shape index (κ3) is 6.18. The first-order valence-corrected chi connectivity index (χ1v) is 16.1. The summed E-state index contributed by atoms with van der Waals surface area (Å²) >= 11 is 4.78. The standard InChI is InChI=1S/C36H28BrFN2O5S/c1-3-44-35(42)30-31(23-12-6-4-7-13-23)39-36-40(32(30)24-14-8-5-9-15-24)34(41)29(46-36)20-22-18-26(37)33(28(19-22)43-2)45-21-25-16-10-11-17-27(25)38/h4-20,32H,3,21H2,1-2H3/b29-20-/t32-/m0/s1. The molecule has 10 heteroatoms. The van der Waals surface area contributed by atoms with Gasteiger partial charge in [-0.1, -0.05) is 90.2 Å². The highest BCUT2D eigenvalue weighted by Crippen LogP contribution is 2.38. The fraction of sp³-hybridized carbons (Fsp3) is 0.139. The molecule has 1 aliphatic heterocycles. The predicted octanol–water partition coefficient (Wildman–Crippen LogP) is 6.42. The van der Waals surface area contributed by atoms with Crippen molar-refractivity contribution in [3.63, 3.8) is 0 Å². The molecule has 0 unspecified atom stereocenters. The van der Waals surface area contributed by atoms with Crippen molar-refractivity contribution in [2.24, 2.45) is 4.99 Å². The van der Waals surface area contributed by atoms with Gasteiger partial charge in [-0.2, -0.15) is 0 Å². The smallest absolute Gasteiger partial charge is 0.338 e. The molecule has 232 valence electrons. The number of benzene rings is 4. The monoisotopic (exact) mass is 698 g/mol. The van der Waals surface area contributed by atoms with Gasteiger partial charge in [0.15, 0.2) is 16.3 Å². The lowest BCUT2D eigenvalue weighted by Crippen LogP contribution is -2.39. The van der Waals surface area contributed by atoms with Gasteiger partial charge in [-0.3, -0.25) is 9.36 Å². The minimum atomic E-state index is -0.760. The van der Waals surface area contributed by atoms with Crippen LogP contribution < -0.4 is 24.4 Å². The number of carbonyl (C=O) groups is 1. The van der Waals surface area contributed by atoms with E-state index in [1.807, 2.05) is 60.7 Å². The van der Waals surface area contributed by atoms with Crippen molar-refractivity contribution in [3.8, 4) is 11.5 Å². The SMILES string of the molecule is CCOC(=O)C1=C(c2ccccc2)N=c2s/c(=C\c3cc(Br)c(OCc4ccccc4F)c(OC)c3)c(=O)n2[C@H]1c1ccccc1. The van der Waals surface area contributed by atoms with Gasteiger partial charge < -0.3 is 14.2 Å². The molecule has 0 fully saturated rings. The van der Waals surface area contributed by atoms with Crippen molar-refractivity contribution < 1.29 is 23.4 Å². The Bertz CT molecular complexity index is 2130. The highest BCUT2D eigenvalue weighted by atomic mass is 79.9. The van der Waals surface area contributed by atoms with E-state index in [4.69, 9.17) is 19.2 Å². The Morgan fingerprint density at radius 2 is 1.72 bits per heavy atom. The third-order valence-corrected chi connectivity index (χ3v) is 8.94. The molecule has 1 aromatic heterocycles. The minimum absolute atomic E-state index is 0.00557. The van der Waals surface area contributed by atoms with Crippen molar-refractivity contribution in [1.29, 1.82) is 0 Å². The molecule has 2 heterocycles. The van der Waals surface area contributed by atoms with Gasteiger partial charge in [0.05, 0.1) is 40.0 Å². The largest absolute Gasteiger partial charge is 0.493 e. The van der Waals surface area contributed by atoms with Crippen molar-refractivity contribution in [3.05, 3.63) is 155 Å². The number of rotatable bonds is 9. The summed E-state index contributed by atoms with van der Waals surface area (Å²) in [6.07, 6.45) is 1.75. The molecule has 0 N–H and O–H groups in total. The number of esters is 1. The van der Waals surface area contributed by atoms with Crippen LogP contribution in [-0.2, 0) is 16.1 Å². The molecule has 0 spiro atoms. The zero-order valence-electron chi connectivity index (χ0n) is 24.9. The molecule has 0 radical (unpaired) electrons. The molecule has 6 rings (SSSR count). The third-order valence-electron chi connectivity index (χ3n) is 7.37. The van der Waals surface area contributed by atoms with Crippen LogP contribution in [0.3, 0.4) is 0 Å². The van der Waals surface area contributed by atoms with Crippen molar-refractivity contribution in [1.82, 2.24) is 4.57 Å². The van der Waals surface area contributed by atoms with Gasteiger partial charge in [0, 0.05) is 11.1 Å². The Morgan fingerprint density at radius 1 is 1.02 bits per heavy atom. The second kappa shape index (κ2) is 13.7. The molecular weight excluding hydrogens is 671 g/mol. The van der Waals surface area contributed by atoms with Crippen LogP contribution in [0.15, 0.2) is 117 Å². The lowest BCUT2D eigenvalue weighted by atomic mass is 9.93. The van der Waals surface area contributed by atoms with Gasteiger partial charge in [-0.05, 0) is 58.3 Å². The molecule has 0 aliphatic carbocycles. The van der Waals surface area contributed by atoms with Crippen molar-refractivity contribution in [2.45, 2.75) is 19.6 Å². The van der Waals surface area contributed by atoms with E-state index in [0.29, 0.717) is 47.7 Å². The molecular formula is C36H28BrFN2O5S. The van der Waals surface area contributed by atoms with Gasteiger partial charge in [0.2, 0.25) is 0 Å². The summed E-state index contributed by atoms with van der Waals surface area (Å²) in [5.41, 5.74) is 3.01. The Labute approximate surface area is 276 Å². The number of halogens is 2. The van der Waals surface area contributed by atoms with Gasteiger partial charge in [0.1, 0.15) is 12.4 Å². The molecule has 4 aromatic carbocycles. The number of methoxy groups -OCH3 is 1. The van der Waals surface area contributed by atoms with Gasteiger partial charge in [-0.25, -0.2) is 14.2 Å². The second-order valence-electron chi connectivity index (χ2n) is 10.3. The number of aromatic nitrogens is 1. The maximum atomic E-state index is 14.2. The number of thiazole rings is 1. The number of hydrogen-bond acceptors (Lipinski definition) is 7. The van der Waals surface area contributed by atoms with E-state index in [1.54, 1.807) is 47.9 Å². The van der Waals surface area contributed by atoms with Gasteiger partial charge in [0.25, 0.3) is 5.56 Å². The lowest BCUT2D eigenvalue weighted by molar-refractivity contribution is -0.138. The number of carbonyl (C=O) groups excluding carboxylic acids is 1. The summed E-state index contributed by atoms with van der Waals surface area (Å²) in [4.78, 5) is 33.1. The molecule has 0 saturated heterocycles. The van der Waals surface area contributed by atoms with E-state index in [2.05, 4.69) is 15.9 Å². The summed E-state index contributed by atoms with van der Waals surface area (Å²) in [5, 5.41) is 0. The van der Waals surface area contributed by atoms with Gasteiger partial charge in [-0.15, -0.1) is 0 Å². The molecule has 46 heavy (non-hydrogen) atoms. The molecule has 1 aliphatic rings. The summed E-state index contributed by atoms with van der Waals surface area (Å²) in [7, 11) is 1.51. The molecule has 0 amide bonds. The average Bonchev–Trinajstić information content (AvgIpc) is 3.38. The average molecular weight is 700 g/mol. The van der Waals surface area contributed by atoms with E-state index in [9.17, 15) is 14.0 Å². The summed E-state index contributed by atoms with van der Waals surface area (Å²) in [5.74, 6) is -0.0873. The second-order valence-corrected chi connectivity index (χ2v) is 12.1. The highest BCUT2D eigenvalue weighted by Gasteiger charge is 2.35. The van der Waals surface area contributed by atoms with Crippen LogP contribution in [0.4, 0.5) is 4.39 Å². The maximum absolute atomic E-state index is 14.2. The van der Waals surface area contributed by atoms with Crippen LogP contribution in [0.5, 0.6) is 11.5 Å². The normalized spacial score (nSPS) is 14.4. The number of hydrogen-bond donors (Lipinski definition) is 0. The van der Waals surface area contributed by atoms with Crippen LogP contribution in [0.2, 0.25) is 0 Å². The van der Waals surface area contributed by atoms with Crippen LogP contribution in [0, 0.1) is 5.82 Å². The molecule has 5 aromatic rings. The quantitative estimate of drug-likeness (QED) is 0.166. The maximum Gasteiger partial charge on any atom is 0.338 e. The van der Waals surface area contributed by atoms with Crippen LogP contribution in [0.1, 0.15) is 35.2 Å². The zero-order chi connectivity index (χ0) is 32.2. The summed E-state index contributed by atoms with van der Waals surface area (Å²) in [6.45, 7) is 1.93. The Kier molecular flexibility index (Phi) is 9.28. The fourth-order valence-electron chi connectivity index (χ4n) is 5.27. The van der Waals surface area contributed by atoms with E-state index >= 15 is 0 Å². The highest BCUT2D eigenvalue weighted by molar-refractivity contribution is 9.10. The van der Waals surface area contributed by atoms with E-state index in [0.717, 1.165) is 11.1 Å². The number of fused-ring (bicyclic) bond motifs is 1. The molecule has 0 bridgehead atoms. The van der Waals surface area contributed by atoms with E-state index in [-0.39, 0.29) is 24.6 Å². The summed E-state index contributed by atoms with van der Waals surface area (Å²) < 4.78 is 33.8. The molecule has 1 atom stereocenters. The number of nitrogens with zero attached hydrogens (tertiary/aromatic N) is 2. The van der Waals surface area contributed by atoms with E-state index < -0.39 is 12.0 Å².